The molecule has 0 unspecified atom stereocenters. The van der Waals surface area contributed by atoms with Gasteiger partial charge in [-0.25, -0.2) is 0 Å². The first kappa shape index (κ1) is 20.7. The predicted molar refractivity (Wildman–Crippen MR) is 162 cm³/mol. The Morgan fingerprint density at radius 1 is 0.462 bits per heavy atom. The lowest BCUT2D eigenvalue weighted by molar-refractivity contribution is 1.16. The molecule has 9 rings (SSSR count). The Balaban J connectivity index is 1.34. The number of aromatic nitrogens is 4. The molecule has 0 saturated heterocycles. The van der Waals surface area contributed by atoms with Crippen LogP contribution in [0.5, 0.6) is 0 Å². The average Bonchev–Trinajstić information content (AvgIpc) is 3.65. The van der Waals surface area contributed by atoms with Crippen LogP contribution in [-0.4, -0.2) is 19.1 Å². The zero-order chi connectivity index (χ0) is 25.5. The largest absolute Gasteiger partial charge is 0.353 e. The summed E-state index contributed by atoms with van der Waals surface area (Å²) in [5.74, 6) is 0. The molecular weight excluding hydrogens is 476 g/mol. The monoisotopic (exact) mass is 498 g/mol. The summed E-state index contributed by atoms with van der Waals surface area (Å²) in [5, 5.41) is 7.31. The lowest BCUT2D eigenvalue weighted by Crippen LogP contribution is -1.96. The predicted octanol–water partition coefficient (Wildman–Crippen LogP) is 8.91. The summed E-state index contributed by atoms with van der Waals surface area (Å²) in [7, 11) is 0. The fourth-order valence-corrected chi connectivity index (χ4v) is 6.48. The van der Waals surface area contributed by atoms with Crippen LogP contribution in [0.2, 0.25) is 0 Å². The highest BCUT2D eigenvalue weighted by Gasteiger charge is 2.17. The first-order valence-electron chi connectivity index (χ1n) is 13.2. The van der Waals surface area contributed by atoms with Gasteiger partial charge in [0.15, 0.2) is 0 Å². The smallest absolute Gasteiger partial charge is 0.0889 e. The number of nitrogens with zero attached hydrogens (tertiary/aromatic N) is 3. The summed E-state index contributed by atoms with van der Waals surface area (Å²) in [6.45, 7) is 0. The van der Waals surface area contributed by atoms with Gasteiger partial charge in [0, 0.05) is 49.7 Å². The summed E-state index contributed by atoms with van der Waals surface area (Å²) in [4.78, 5) is 8.49. The van der Waals surface area contributed by atoms with E-state index in [0.29, 0.717) is 0 Å². The molecule has 0 radical (unpaired) electrons. The molecule has 4 heteroatoms. The first-order chi connectivity index (χ1) is 19.4. The molecule has 0 spiro atoms. The number of hydrogen-bond donors (Lipinski definition) is 1. The topological polar surface area (TPSA) is 38.5 Å². The Hall–Kier alpha value is -5.35. The van der Waals surface area contributed by atoms with Gasteiger partial charge >= 0.3 is 0 Å². The van der Waals surface area contributed by atoms with E-state index in [2.05, 4.69) is 129 Å². The van der Waals surface area contributed by atoms with Crippen molar-refractivity contribution in [1.29, 1.82) is 0 Å². The number of para-hydroxylation sites is 4. The Morgan fingerprint density at radius 3 is 1.54 bits per heavy atom. The van der Waals surface area contributed by atoms with E-state index >= 15 is 0 Å². The number of benzene rings is 5. The lowest BCUT2D eigenvalue weighted by Gasteiger charge is -2.09. The molecule has 5 aromatic carbocycles. The van der Waals surface area contributed by atoms with E-state index in [0.717, 1.165) is 27.8 Å². The van der Waals surface area contributed by atoms with Gasteiger partial charge in [0.2, 0.25) is 0 Å². The van der Waals surface area contributed by atoms with Gasteiger partial charge in [0.05, 0.1) is 39.5 Å². The zero-order valence-corrected chi connectivity index (χ0v) is 21.0. The second kappa shape index (κ2) is 7.59. The molecule has 0 amide bonds. The van der Waals surface area contributed by atoms with E-state index < -0.39 is 0 Å². The number of aromatic amines is 1. The molecule has 4 nitrogen and oxygen atoms in total. The molecule has 39 heavy (non-hydrogen) atoms. The Bertz CT molecular complexity index is 2290. The average molecular weight is 499 g/mol. The molecule has 0 saturated carbocycles. The fourth-order valence-electron chi connectivity index (χ4n) is 6.48. The van der Waals surface area contributed by atoms with E-state index in [4.69, 9.17) is 4.98 Å². The molecule has 0 aliphatic rings. The van der Waals surface area contributed by atoms with Crippen LogP contribution in [0.15, 0.2) is 128 Å². The number of rotatable bonds is 2. The molecule has 4 heterocycles. The molecule has 182 valence electrons. The quantitative estimate of drug-likeness (QED) is 0.254. The number of hydrogen-bond acceptors (Lipinski definition) is 1. The van der Waals surface area contributed by atoms with Crippen molar-refractivity contribution in [2.24, 2.45) is 0 Å². The van der Waals surface area contributed by atoms with Crippen LogP contribution < -0.4 is 0 Å². The van der Waals surface area contributed by atoms with Gasteiger partial charge in [-0.1, -0.05) is 72.8 Å². The van der Waals surface area contributed by atoms with E-state index in [1.807, 2.05) is 12.4 Å². The molecule has 0 aliphatic carbocycles. The number of pyridine rings is 1. The summed E-state index contributed by atoms with van der Waals surface area (Å²) in [5.41, 5.74) is 9.16. The van der Waals surface area contributed by atoms with E-state index in [9.17, 15) is 0 Å². The minimum Gasteiger partial charge on any atom is -0.353 e. The van der Waals surface area contributed by atoms with Gasteiger partial charge < -0.3 is 14.1 Å². The van der Waals surface area contributed by atoms with Gasteiger partial charge in [0.25, 0.3) is 0 Å². The van der Waals surface area contributed by atoms with Gasteiger partial charge in [-0.2, -0.15) is 0 Å². The van der Waals surface area contributed by atoms with E-state index in [1.165, 1.54) is 49.0 Å². The summed E-state index contributed by atoms with van der Waals surface area (Å²) < 4.78 is 4.70. The van der Waals surface area contributed by atoms with Crippen molar-refractivity contribution in [3.8, 4) is 11.4 Å². The molecule has 4 aromatic heterocycles. The number of fused-ring (bicyclic) bond motifs is 9. The van der Waals surface area contributed by atoms with Crippen molar-refractivity contribution in [3.05, 3.63) is 128 Å². The molecule has 0 atom stereocenters. The summed E-state index contributed by atoms with van der Waals surface area (Å²) in [6.07, 6.45) is 3.96. The van der Waals surface area contributed by atoms with Crippen molar-refractivity contribution in [3.63, 3.8) is 0 Å². The Labute approximate surface area is 223 Å². The van der Waals surface area contributed by atoms with Crippen LogP contribution in [0.25, 0.3) is 76.8 Å². The van der Waals surface area contributed by atoms with Crippen LogP contribution in [0.3, 0.4) is 0 Å². The third-order valence-electron chi connectivity index (χ3n) is 8.14. The lowest BCUT2D eigenvalue weighted by atomic mass is 10.1. The Kier molecular flexibility index (Phi) is 4.02. The fraction of sp³-hybridized carbons (Fsp3) is 0. The van der Waals surface area contributed by atoms with Crippen LogP contribution in [0.1, 0.15) is 0 Å². The first-order valence-corrected chi connectivity index (χ1v) is 13.2. The molecule has 0 aliphatic heterocycles. The highest BCUT2D eigenvalue weighted by molar-refractivity contribution is 6.14. The maximum Gasteiger partial charge on any atom is 0.0889 e. The highest BCUT2D eigenvalue weighted by atomic mass is 15.0. The van der Waals surface area contributed by atoms with Gasteiger partial charge in [-0.3, -0.25) is 4.98 Å². The second-order valence-electron chi connectivity index (χ2n) is 10.2. The van der Waals surface area contributed by atoms with Gasteiger partial charge in [0.1, 0.15) is 0 Å². The standard InChI is InChI=1S/C35H22N4/c1-5-13-30-23(9-1)24-10-2-6-14-31(24)38(30)22-17-18-29-27(19-22)28-20-36-21-34(35(28)37-29)39-32-15-7-3-11-25(32)26-12-4-8-16-33(26)39/h1-21,37H. The summed E-state index contributed by atoms with van der Waals surface area (Å²) in [6, 6.07) is 41.2. The van der Waals surface area contributed by atoms with Crippen LogP contribution >= 0.6 is 0 Å². The maximum atomic E-state index is 4.75. The normalized spacial score (nSPS) is 12.1. The van der Waals surface area contributed by atoms with Crippen molar-refractivity contribution in [2.75, 3.05) is 0 Å². The van der Waals surface area contributed by atoms with Gasteiger partial charge in [-0.15, -0.1) is 0 Å². The highest BCUT2D eigenvalue weighted by Crippen LogP contribution is 2.37. The van der Waals surface area contributed by atoms with Gasteiger partial charge in [-0.05, 0) is 42.5 Å². The van der Waals surface area contributed by atoms with Crippen molar-refractivity contribution in [1.82, 2.24) is 19.1 Å². The van der Waals surface area contributed by atoms with Crippen LogP contribution in [0, 0.1) is 0 Å². The third kappa shape index (κ3) is 2.75. The Morgan fingerprint density at radius 2 is 0.974 bits per heavy atom. The van der Waals surface area contributed by atoms with E-state index in [1.54, 1.807) is 0 Å². The molecule has 9 aromatic rings. The molecule has 0 fully saturated rings. The zero-order valence-electron chi connectivity index (χ0n) is 21.0. The SMILES string of the molecule is c1ccc2c(c1)c1ccccc1n2-c1ccc2[nH]c3c(-n4c5ccccc5c5ccccc54)cncc3c2c1. The second-order valence-corrected chi connectivity index (χ2v) is 10.2. The molecule has 1 N–H and O–H groups in total. The summed E-state index contributed by atoms with van der Waals surface area (Å²) >= 11 is 0. The minimum absolute atomic E-state index is 1.06. The minimum atomic E-state index is 1.06. The molecule has 0 bridgehead atoms. The number of H-pyrrole nitrogens is 1. The number of nitrogens with one attached hydrogen (secondary N) is 1. The van der Waals surface area contributed by atoms with Crippen molar-refractivity contribution in [2.45, 2.75) is 0 Å². The van der Waals surface area contributed by atoms with Crippen LogP contribution in [0.4, 0.5) is 0 Å². The third-order valence-corrected chi connectivity index (χ3v) is 8.14. The molecular formula is C35H22N4. The van der Waals surface area contributed by atoms with Crippen molar-refractivity contribution >= 4 is 65.4 Å². The van der Waals surface area contributed by atoms with Crippen molar-refractivity contribution < 1.29 is 0 Å². The van der Waals surface area contributed by atoms with Crippen LogP contribution in [-0.2, 0) is 0 Å². The van der Waals surface area contributed by atoms with E-state index in [-0.39, 0.29) is 0 Å². The maximum absolute atomic E-state index is 4.75.